The molecular formula is C18H19FN2O3. The molecule has 5 nitrogen and oxygen atoms in total. The second kappa shape index (κ2) is 8.19. The van der Waals surface area contributed by atoms with Crippen LogP contribution in [0.2, 0.25) is 0 Å². The lowest BCUT2D eigenvalue weighted by atomic mass is 10.1. The highest BCUT2D eigenvalue weighted by atomic mass is 19.1. The third-order valence-corrected chi connectivity index (χ3v) is 3.65. The minimum absolute atomic E-state index is 0.0381. The van der Waals surface area contributed by atoms with Crippen LogP contribution < -0.4 is 5.32 Å². The molecule has 0 aromatic heterocycles. The van der Waals surface area contributed by atoms with Gasteiger partial charge in [-0.3, -0.25) is 14.9 Å². The minimum Gasteiger partial charge on any atom is -0.353 e. The molecule has 6 heteroatoms. The van der Waals surface area contributed by atoms with E-state index in [0.717, 1.165) is 11.1 Å². The lowest BCUT2D eigenvalue weighted by Gasteiger charge is -2.14. The summed E-state index contributed by atoms with van der Waals surface area (Å²) in [6, 6.07) is 12.3. The van der Waals surface area contributed by atoms with Crippen molar-refractivity contribution < 1.29 is 14.1 Å². The zero-order valence-electron chi connectivity index (χ0n) is 13.4. The molecule has 1 N–H and O–H groups in total. The van der Waals surface area contributed by atoms with Gasteiger partial charge in [0.15, 0.2) is 0 Å². The van der Waals surface area contributed by atoms with Crippen molar-refractivity contribution in [1.82, 2.24) is 5.32 Å². The molecule has 0 aliphatic carbocycles. The van der Waals surface area contributed by atoms with Gasteiger partial charge in [-0.2, -0.15) is 0 Å². The number of amides is 1. The van der Waals surface area contributed by atoms with Crippen molar-refractivity contribution in [3.8, 4) is 0 Å². The molecule has 1 amide bonds. The van der Waals surface area contributed by atoms with E-state index in [-0.39, 0.29) is 23.5 Å². The van der Waals surface area contributed by atoms with Gasteiger partial charge in [-0.15, -0.1) is 0 Å². The van der Waals surface area contributed by atoms with Crippen LogP contribution in [0.25, 0.3) is 0 Å². The van der Waals surface area contributed by atoms with Crippen LogP contribution in [0, 0.1) is 15.9 Å². The van der Waals surface area contributed by atoms with Crippen molar-refractivity contribution in [2.24, 2.45) is 0 Å². The first kappa shape index (κ1) is 17.6. The van der Waals surface area contributed by atoms with E-state index < -0.39 is 4.92 Å². The summed E-state index contributed by atoms with van der Waals surface area (Å²) in [7, 11) is 0. The first-order valence-electron chi connectivity index (χ1n) is 7.71. The van der Waals surface area contributed by atoms with E-state index in [1.807, 2.05) is 6.92 Å². The van der Waals surface area contributed by atoms with Gasteiger partial charge in [0.2, 0.25) is 5.91 Å². The molecule has 0 bridgehead atoms. The molecule has 1 unspecified atom stereocenters. The zero-order valence-corrected chi connectivity index (χ0v) is 13.4. The summed E-state index contributed by atoms with van der Waals surface area (Å²) in [6.07, 6.45) is 1.46. The molecule has 0 saturated heterocycles. The number of benzene rings is 2. The van der Waals surface area contributed by atoms with E-state index in [9.17, 15) is 19.3 Å². The number of hydrogen-bond donors (Lipinski definition) is 1. The summed E-state index contributed by atoms with van der Waals surface area (Å²) in [5, 5.41) is 13.5. The fraction of sp³-hybridized carbons (Fsp3) is 0.278. The molecule has 2 aromatic carbocycles. The van der Waals surface area contributed by atoms with Gasteiger partial charge in [0.1, 0.15) is 5.82 Å². The van der Waals surface area contributed by atoms with E-state index in [1.54, 1.807) is 24.3 Å². The number of carbonyl (C=O) groups excluding carboxylic acids is 1. The predicted octanol–water partition coefficient (Wildman–Crippen LogP) is 3.41. The molecule has 0 aliphatic heterocycles. The highest BCUT2D eigenvalue weighted by Gasteiger charge is 2.09. The van der Waals surface area contributed by atoms with Crippen molar-refractivity contribution in [2.75, 3.05) is 0 Å². The number of halogens is 1. The molecule has 0 saturated carbocycles. The number of aryl methyl sites for hydroxylation is 1. The average Bonchev–Trinajstić information content (AvgIpc) is 2.55. The molecule has 2 rings (SSSR count). The van der Waals surface area contributed by atoms with Crippen molar-refractivity contribution in [2.45, 2.75) is 32.2 Å². The maximum Gasteiger partial charge on any atom is 0.269 e. The van der Waals surface area contributed by atoms with Gasteiger partial charge < -0.3 is 5.32 Å². The quantitative estimate of drug-likeness (QED) is 0.624. The topological polar surface area (TPSA) is 72.2 Å². The summed E-state index contributed by atoms with van der Waals surface area (Å²) in [5.41, 5.74) is 1.87. The van der Waals surface area contributed by atoms with Crippen molar-refractivity contribution >= 4 is 11.6 Å². The lowest BCUT2D eigenvalue weighted by molar-refractivity contribution is -0.384. The number of nitrogens with one attached hydrogen (secondary N) is 1. The fourth-order valence-electron chi connectivity index (χ4n) is 2.41. The molecular weight excluding hydrogens is 311 g/mol. The van der Waals surface area contributed by atoms with Crippen LogP contribution in [0.4, 0.5) is 10.1 Å². The van der Waals surface area contributed by atoms with Gasteiger partial charge in [0, 0.05) is 24.6 Å². The molecule has 24 heavy (non-hydrogen) atoms. The van der Waals surface area contributed by atoms with Crippen LogP contribution in [0.3, 0.4) is 0 Å². The van der Waals surface area contributed by atoms with Crippen LogP contribution in [0.15, 0.2) is 48.5 Å². The maximum atomic E-state index is 12.9. The van der Waals surface area contributed by atoms with Crippen LogP contribution in [-0.4, -0.2) is 16.9 Å². The van der Waals surface area contributed by atoms with Gasteiger partial charge in [0.25, 0.3) is 5.69 Å². The second-order valence-electron chi connectivity index (χ2n) is 5.72. The Labute approximate surface area is 139 Å². The minimum atomic E-state index is -0.451. The summed E-state index contributed by atoms with van der Waals surface area (Å²) in [4.78, 5) is 22.1. The third-order valence-electron chi connectivity index (χ3n) is 3.65. The summed E-state index contributed by atoms with van der Waals surface area (Å²) >= 11 is 0. The Kier molecular flexibility index (Phi) is 6.01. The Morgan fingerprint density at radius 2 is 1.71 bits per heavy atom. The molecule has 0 spiro atoms. The Balaban J connectivity index is 1.77. The highest BCUT2D eigenvalue weighted by Crippen LogP contribution is 2.13. The number of nitrogens with zero attached hydrogens (tertiary/aromatic N) is 1. The SMILES string of the molecule is CC(Cc1ccc(F)cc1)NC(=O)CCc1ccc([N+](=O)[O-])cc1. The molecule has 126 valence electrons. The Morgan fingerprint density at radius 1 is 1.12 bits per heavy atom. The molecule has 1 atom stereocenters. The van der Waals surface area contributed by atoms with Crippen LogP contribution >= 0.6 is 0 Å². The van der Waals surface area contributed by atoms with Gasteiger partial charge in [0.05, 0.1) is 4.92 Å². The monoisotopic (exact) mass is 330 g/mol. The molecule has 0 aliphatic rings. The van der Waals surface area contributed by atoms with Gasteiger partial charge in [-0.25, -0.2) is 4.39 Å². The van der Waals surface area contributed by atoms with Crippen molar-refractivity contribution in [3.05, 3.63) is 75.6 Å². The fourth-order valence-corrected chi connectivity index (χ4v) is 2.41. The lowest BCUT2D eigenvalue weighted by Crippen LogP contribution is -2.34. The van der Waals surface area contributed by atoms with E-state index in [1.165, 1.54) is 24.3 Å². The van der Waals surface area contributed by atoms with Crippen LogP contribution in [0.5, 0.6) is 0 Å². The van der Waals surface area contributed by atoms with Crippen LogP contribution in [-0.2, 0) is 17.6 Å². The number of hydrogen-bond acceptors (Lipinski definition) is 3. The first-order chi connectivity index (χ1) is 11.4. The van der Waals surface area contributed by atoms with E-state index >= 15 is 0 Å². The Morgan fingerprint density at radius 3 is 2.29 bits per heavy atom. The van der Waals surface area contributed by atoms with Crippen molar-refractivity contribution in [1.29, 1.82) is 0 Å². The van der Waals surface area contributed by atoms with Crippen molar-refractivity contribution in [3.63, 3.8) is 0 Å². The number of nitro benzene ring substituents is 1. The molecule has 0 fully saturated rings. The van der Waals surface area contributed by atoms with E-state index in [0.29, 0.717) is 19.3 Å². The smallest absolute Gasteiger partial charge is 0.269 e. The maximum absolute atomic E-state index is 12.9. The number of carbonyl (C=O) groups is 1. The van der Waals surface area contributed by atoms with E-state index in [2.05, 4.69) is 5.32 Å². The first-order valence-corrected chi connectivity index (χ1v) is 7.71. The van der Waals surface area contributed by atoms with Crippen LogP contribution in [0.1, 0.15) is 24.5 Å². The van der Waals surface area contributed by atoms with Gasteiger partial charge in [-0.1, -0.05) is 24.3 Å². The summed E-state index contributed by atoms with van der Waals surface area (Å²) in [6.45, 7) is 1.90. The summed E-state index contributed by atoms with van der Waals surface area (Å²) < 4.78 is 12.9. The number of non-ortho nitro benzene ring substituents is 1. The Hall–Kier alpha value is -2.76. The van der Waals surface area contributed by atoms with E-state index in [4.69, 9.17) is 0 Å². The standard InChI is InChI=1S/C18H19FN2O3/c1-13(12-15-2-7-16(19)8-3-15)20-18(22)11-6-14-4-9-17(10-5-14)21(23)24/h2-5,7-10,13H,6,11-12H2,1H3,(H,20,22). The normalized spacial score (nSPS) is 11.8. The average molecular weight is 330 g/mol. The number of nitro groups is 1. The highest BCUT2D eigenvalue weighted by molar-refractivity contribution is 5.76. The number of rotatable bonds is 7. The summed E-state index contributed by atoms with van der Waals surface area (Å²) in [5.74, 6) is -0.360. The predicted molar refractivity (Wildman–Crippen MR) is 89.1 cm³/mol. The molecule has 2 aromatic rings. The second-order valence-corrected chi connectivity index (χ2v) is 5.72. The molecule has 0 heterocycles. The van der Waals surface area contributed by atoms with Gasteiger partial charge >= 0.3 is 0 Å². The Bertz CT molecular complexity index is 699. The molecule has 0 radical (unpaired) electrons. The van der Waals surface area contributed by atoms with Gasteiger partial charge in [-0.05, 0) is 43.0 Å². The third kappa shape index (κ3) is 5.46. The zero-order chi connectivity index (χ0) is 17.5. The largest absolute Gasteiger partial charge is 0.353 e.